The predicted molar refractivity (Wildman–Crippen MR) is 107 cm³/mol. The van der Waals surface area contributed by atoms with Crippen molar-refractivity contribution in [3.63, 3.8) is 0 Å². The number of rotatable bonds is 9. The van der Waals surface area contributed by atoms with Gasteiger partial charge in [0, 0.05) is 45.2 Å². The third kappa shape index (κ3) is 4.45. The van der Waals surface area contributed by atoms with E-state index in [0.29, 0.717) is 31.9 Å². The average molecular weight is 390 g/mol. The Kier molecular flexibility index (Phi) is 7.24. The second-order valence-electron chi connectivity index (χ2n) is 6.76. The van der Waals surface area contributed by atoms with Gasteiger partial charge in [-0.05, 0) is 13.0 Å². The fourth-order valence-corrected chi connectivity index (χ4v) is 3.50. The highest BCUT2D eigenvalue weighted by Crippen LogP contribution is 2.28. The SMILES string of the molecule is CCN(CCOC)C(=O)c1nn(CCN2CCOCC2)c2c(OC)cccc12. The first-order valence-corrected chi connectivity index (χ1v) is 9.81. The molecule has 0 bridgehead atoms. The zero-order chi connectivity index (χ0) is 19.9. The van der Waals surface area contributed by atoms with Gasteiger partial charge in [0.15, 0.2) is 5.69 Å². The molecule has 1 aromatic heterocycles. The zero-order valence-electron chi connectivity index (χ0n) is 17.0. The van der Waals surface area contributed by atoms with Gasteiger partial charge in [-0.25, -0.2) is 0 Å². The van der Waals surface area contributed by atoms with Gasteiger partial charge in [0.05, 0.1) is 33.5 Å². The molecule has 0 atom stereocenters. The van der Waals surface area contributed by atoms with E-state index in [9.17, 15) is 4.79 Å². The monoisotopic (exact) mass is 390 g/mol. The molecule has 28 heavy (non-hydrogen) atoms. The van der Waals surface area contributed by atoms with E-state index in [1.54, 1.807) is 19.1 Å². The predicted octanol–water partition coefficient (Wildman–Crippen LogP) is 1.49. The molecule has 3 rings (SSSR count). The molecular weight excluding hydrogens is 360 g/mol. The van der Waals surface area contributed by atoms with E-state index in [4.69, 9.17) is 19.3 Å². The van der Waals surface area contributed by atoms with E-state index in [2.05, 4.69) is 4.90 Å². The number of para-hydroxylation sites is 1. The number of hydrogen-bond acceptors (Lipinski definition) is 6. The molecule has 0 spiro atoms. The molecule has 8 heteroatoms. The van der Waals surface area contributed by atoms with Gasteiger partial charge in [0.25, 0.3) is 5.91 Å². The van der Waals surface area contributed by atoms with Crippen LogP contribution in [-0.4, -0.2) is 92.3 Å². The van der Waals surface area contributed by atoms with Crippen LogP contribution < -0.4 is 4.74 Å². The lowest BCUT2D eigenvalue weighted by atomic mass is 10.1. The second kappa shape index (κ2) is 9.86. The Bertz CT molecular complexity index is 786. The summed E-state index contributed by atoms with van der Waals surface area (Å²) in [6.45, 7) is 8.51. The van der Waals surface area contributed by atoms with Gasteiger partial charge in [-0.1, -0.05) is 12.1 Å². The maximum Gasteiger partial charge on any atom is 0.275 e. The number of morpholine rings is 1. The molecular formula is C20H30N4O4. The Morgan fingerprint density at radius 2 is 2.04 bits per heavy atom. The summed E-state index contributed by atoms with van der Waals surface area (Å²) in [5.74, 6) is 0.647. The standard InChI is InChI=1S/C20H30N4O4/c1-4-23(12-13-26-2)20(25)18-16-6-5-7-17(27-3)19(16)24(21-18)9-8-22-10-14-28-15-11-22/h5-7H,4,8-15H2,1-3H3. The topological polar surface area (TPSA) is 69.1 Å². The van der Waals surface area contributed by atoms with Gasteiger partial charge in [-0.2, -0.15) is 5.10 Å². The van der Waals surface area contributed by atoms with Crippen molar-refractivity contribution in [2.75, 3.05) is 66.8 Å². The summed E-state index contributed by atoms with van der Waals surface area (Å²) in [5, 5.41) is 5.53. The largest absolute Gasteiger partial charge is 0.494 e. The number of carbonyl (C=O) groups excluding carboxylic acids is 1. The highest BCUT2D eigenvalue weighted by atomic mass is 16.5. The molecule has 1 fully saturated rings. The van der Waals surface area contributed by atoms with Crippen molar-refractivity contribution < 1.29 is 19.0 Å². The molecule has 1 aromatic carbocycles. The molecule has 0 N–H and O–H groups in total. The first kappa shape index (κ1) is 20.6. The quantitative estimate of drug-likeness (QED) is 0.646. The number of methoxy groups -OCH3 is 2. The van der Waals surface area contributed by atoms with Crippen LogP contribution >= 0.6 is 0 Å². The van der Waals surface area contributed by atoms with E-state index in [-0.39, 0.29) is 5.91 Å². The van der Waals surface area contributed by atoms with Gasteiger partial charge >= 0.3 is 0 Å². The van der Waals surface area contributed by atoms with Gasteiger partial charge in [-0.3, -0.25) is 14.4 Å². The first-order valence-electron chi connectivity index (χ1n) is 9.81. The van der Waals surface area contributed by atoms with Crippen LogP contribution in [0, 0.1) is 0 Å². The Labute approximate surface area is 165 Å². The number of likely N-dealkylation sites (N-methyl/N-ethyl adjacent to an activating group) is 1. The minimum Gasteiger partial charge on any atom is -0.494 e. The van der Waals surface area contributed by atoms with Crippen LogP contribution in [0.4, 0.5) is 0 Å². The summed E-state index contributed by atoms with van der Waals surface area (Å²) in [4.78, 5) is 17.3. The Balaban J connectivity index is 1.91. The van der Waals surface area contributed by atoms with Crippen LogP contribution in [0.25, 0.3) is 10.9 Å². The number of ether oxygens (including phenoxy) is 3. The number of fused-ring (bicyclic) bond motifs is 1. The molecule has 1 amide bonds. The Morgan fingerprint density at radius 3 is 2.71 bits per heavy atom. The number of amides is 1. The zero-order valence-corrected chi connectivity index (χ0v) is 17.0. The third-order valence-corrected chi connectivity index (χ3v) is 5.12. The van der Waals surface area contributed by atoms with Crippen molar-refractivity contribution in [3.8, 4) is 5.75 Å². The van der Waals surface area contributed by atoms with E-state index in [1.165, 1.54) is 0 Å². The van der Waals surface area contributed by atoms with Gasteiger partial charge in [0.1, 0.15) is 11.3 Å². The van der Waals surface area contributed by atoms with Gasteiger partial charge < -0.3 is 19.1 Å². The number of benzene rings is 1. The summed E-state index contributed by atoms with van der Waals surface area (Å²) in [6, 6.07) is 5.75. The van der Waals surface area contributed by atoms with Crippen LogP contribution in [0.1, 0.15) is 17.4 Å². The van der Waals surface area contributed by atoms with Crippen molar-refractivity contribution in [1.29, 1.82) is 0 Å². The number of aromatic nitrogens is 2. The first-order chi connectivity index (χ1) is 13.7. The molecule has 1 saturated heterocycles. The molecule has 0 saturated carbocycles. The Morgan fingerprint density at radius 1 is 1.25 bits per heavy atom. The fourth-order valence-electron chi connectivity index (χ4n) is 3.50. The van der Waals surface area contributed by atoms with Crippen molar-refractivity contribution >= 4 is 16.8 Å². The normalized spacial score (nSPS) is 15.1. The highest BCUT2D eigenvalue weighted by molar-refractivity contribution is 6.06. The van der Waals surface area contributed by atoms with E-state index >= 15 is 0 Å². The van der Waals surface area contributed by atoms with Crippen LogP contribution in [-0.2, 0) is 16.0 Å². The molecule has 2 aromatic rings. The van der Waals surface area contributed by atoms with Crippen LogP contribution in [0.2, 0.25) is 0 Å². The minimum atomic E-state index is -0.0806. The van der Waals surface area contributed by atoms with E-state index in [0.717, 1.165) is 49.5 Å². The van der Waals surface area contributed by atoms with E-state index in [1.807, 2.05) is 29.8 Å². The minimum absolute atomic E-state index is 0.0806. The number of nitrogens with zero attached hydrogens (tertiary/aromatic N) is 4. The third-order valence-electron chi connectivity index (χ3n) is 5.12. The number of hydrogen-bond donors (Lipinski definition) is 0. The maximum atomic E-state index is 13.1. The van der Waals surface area contributed by atoms with E-state index < -0.39 is 0 Å². The molecule has 1 aliphatic rings. The summed E-state index contributed by atoms with van der Waals surface area (Å²) in [7, 11) is 3.28. The molecule has 0 aliphatic carbocycles. The summed E-state index contributed by atoms with van der Waals surface area (Å²) in [6.07, 6.45) is 0. The molecule has 2 heterocycles. The van der Waals surface area contributed by atoms with Crippen molar-refractivity contribution in [3.05, 3.63) is 23.9 Å². The second-order valence-corrected chi connectivity index (χ2v) is 6.76. The summed E-state index contributed by atoms with van der Waals surface area (Å²) >= 11 is 0. The summed E-state index contributed by atoms with van der Waals surface area (Å²) in [5.41, 5.74) is 1.33. The average Bonchev–Trinajstić information content (AvgIpc) is 3.12. The lowest BCUT2D eigenvalue weighted by Crippen LogP contribution is -2.38. The fraction of sp³-hybridized carbons (Fsp3) is 0.600. The highest BCUT2D eigenvalue weighted by Gasteiger charge is 2.24. The lowest BCUT2D eigenvalue weighted by molar-refractivity contribution is 0.0361. The van der Waals surface area contributed by atoms with Gasteiger partial charge in [0.2, 0.25) is 0 Å². The van der Waals surface area contributed by atoms with Crippen LogP contribution in [0.3, 0.4) is 0 Å². The molecule has 1 aliphatic heterocycles. The lowest BCUT2D eigenvalue weighted by Gasteiger charge is -2.26. The van der Waals surface area contributed by atoms with Crippen molar-refractivity contribution in [2.45, 2.75) is 13.5 Å². The van der Waals surface area contributed by atoms with Crippen LogP contribution in [0.15, 0.2) is 18.2 Å². The van der Waals surface area contributed by atoms with Crippen molar-refractivity contribution in [2.24, 2.45) is 0 Å². The molecule has 154 valence electrons. The molecule has 8 nitrogen and oxygen atoms in total. The van der Waals surface area contributed by atoms with Gasteiger partial charge in [-0.15, -0.1) is 0 Å². The maximum absolute atomic E-state index is 13.1. The molecule has 0 unspecified atom stereocenters. The molecule has 0 radical (unpaired) electrons. The van der Waals surface area contributed by atoms with Crippen LogP contribution in [0.5, 0.6) is 5.75 Å². The summed E-state index contributed by atoms with van der Waals surface area (Å²) < 4.78 is 18.0. The Hall–Kier alpha value is -2.16. The smallest absolute Gasteiger partial charge is 0.275 e. The number of carbonyl (C=O) groups is 1. The van der Waals surface area contributed by atoms with Crippen molar-refractivity contribution in [1.82, 2.24) is 19.6 Å².